The molecule has 0 bridgehead atoms. The molecule has 23 heteroatoms. The molecule has 47 heavy (non-hydrogen) atoms. The van der Waals surface area contributed by atoms with Crippen LogP contribution in [-0.2, 0) is 30.4 Å². The van der Waals surface area contributed by atoms with Crippen LogP contribution in [0.5, 0.6) is 11.5 Å². The number of aromatic carboxylic acids is 2. The van der Waals surface area contributed by atoms with E-state index in [1.165, 1.54) is 0 Å². The normalized spacial score (nSPS) is 12.7. The Balaban J connectivity index is 2.05. The van der Waals surface area contributed by atoms with Gasteiger partial charge in [0.25, 0.3) is 30.4 Å². The van der Waals surface area contributed by atoms with Gasteiger partial charge >= 0.3 is 11.9 Å². The molecule has 0 saturated heterocycles. The molecule has 246 valence electrons. The summed E-state index contributed by atoms with van der Waals surface area (Å²) in [6, 6.07) is 6.17. The van der Waals surface area contributed by atoms with Crippen LogP contribution >= 0.6 is 0 Å². The van der Waals surface area contributed by atoms with Crippen molar-refractivity contribution in [1.82, 2.24) is 0 Å². The molecule has 0 spiro atoms. The van der Waals surface area contributed by atoms with Crippen LogP contribution in [0.2, 0.25) is 0 Å². The average Bonchev–Trinajstić information content (AvgIpc) is 2.94. The van der Waals surface area contributed by atoms with Crippen LogP contribution in [0.25, 0.3) is 10.8 Å². The number of fused-ring (bicyclic) bond motifs is 1. The third kappa shape index (κ3) is 7.13. The highest BCUT2D eigenvalue weighted by molar-refractivity contribution is 7.86. The van der Waals surface area contributed by atoms with Crippen molar-refractivity contribution in [2.75, 3.05) is 5.73 Å². The first-order valence-electron chi connectivity index (χ1n) is 11.9. The average molecular weight is 712 g/mol. The number of hydrogen-bond acceptors (Lipinski definition) is 15. The lowest BCUT2D eigenvalue weighted by atomic mass is 10.1. The first-order chi connectivity index (χ1) is 21.6. The Morgan fingerprint density at radius 1 is 0.596 bits per heavy atom. The molecule has 0 aliphatic carbocycles. The number of rotatable bonds is 9. The molecule has 0 unspecified atom stereocenters. The maximum absolute atomic E-state index is 12.2. The molecule has 0 saturated carbocycles. The summed E-state index contributed by atoms with van der Waals surface area (Å²) >= 11 is 0. The number of aromatic hydroxyl groups is 2. The second kappa shape index (κ2) is 12.0. The smallest absolute Gasteiger partial charge is 0.335 e. The van der Waals surface area contributed by atoms with Gasteiger partial charge in [-0.15, -0.1) is 15.3 Å². The van der Waals surface area contributed by atoms with E-state index in [0.29, 0.717) is 12.1 Å². The van der Waals surface area contributed by atoms with Gasteiger partial charge in [-0.1, -0.05) is 0 Å². The summed E-state index contributed by atoms with van der Waals surface area (Å²) in [7, 11) is -15.7. The Kier molecular flexibility index (Phi) is 8.73. The van der Waals surface area contributed by atoms with Crippen molar-refractivity contribution in [1.29, 1.82) is 0 Å². The second-order valence-corrected chi connectivity index (χ2v) is 13.3. The number of carboxylic acids is 2. The summed E-state index contributed by atoms with van der Waals surface area (Å²) in [4.78, 5) is 19.4. The van der Waals surface area contributed by atoms with Gasteiger partial charge in [-0.3, -0.25) is 13.7 Å². The number of nitrogens with zero attached hydrogens (tertiary/aromatic N) is 4. The fourth-order valence-electron chi connectivity index (χ4n) is 3.99. The summed E-state index contributed by atoms with van der Waals surface area (Å²) in [5.41, 5.74) is 0.761. The first-order valence-corrected chi connectivity index (χ1v) is 16.2. The lowest BCUT2D eigenvalue weighted by Crippen LogP contribution is -2.02. The van der Waals surface area contributed by atoms with Gasteiger partial charge in [-0.05, 0) is 53.9 Å². The number of hydrogen-bond donors (Lipinski definition) is 8. The Bertz CT molecular complexity index is 2390. The van der Waals surface area contributed by atoms with E-state index in [4.69, 9.17) is 5.73 Å². The van der Waals surface area contributed by atoms with Gasteiger partial charge < -0.3 is 26.2 Å². The highest BCUT2D eigenvalue weighted by Gasteiger charge is 2.29. The van der Waals surface area contributed by atoms with Crippen LogP contribution < -0.4 is 5.73 Å². The van der Waals surface area contributed by atoms with E-state index in [-0.39, 0.29) is 5.69 Å². The Labute approximate surface area is 262 Å². The van der Waals surface area contributed by atoms with Crippen molar-refractivity contribution in [3.8, 4) is 11.5 Å². The van der Waals surface area contributed by atoms with Crippen molar-refractivity contribution in [3.05, 3.63) is 59.7 Å². The van der Waals surface area contributed by atoms with E-state index in [0.717, 1.165) is 36.4 Å². The van der Waals surface area contributed by atoms with Crippen LogP contribution in [0.3, 0.4) is 0 Å². The fourth-order valence-corrected chi connectivity index (χ4v) is 5.97. The van der Waals surface area contributed by atoms with Crippen LogP contribution in [-0.4, -0.2) is 71.3 Å². The molecule has 0 radical (unpaired) electrons. The molecule has 0 amide bonds. The Morgan fingerprint density at radius 3 is 1.47 bits per heavy atom. The van der Waals surface area contributed by atoms with Gasteiger partial charge in [-0.25, -0.2) is 9.59 Å². The van der Waals surface area contributed by atoms with Crippen LogP contribution in [0.1, 0.15) is 20.7 Å². The lowest BCUT2D eigenvalue weighted by Gasteiger charge is -2.13. The van der Waals surface area contributed by atoms with Crippen molar-refractivity contribution in [3.63, 3.8) is 0 Å². The number of phenols is 2. The molecule has 0 fully saturated rings. The summed E-state index contributed by atoms with van der Waals surface area (Å²) in [5.74, 6) is -5.82. The van der Waals surface area contributed by atoms with E-state index in [2.05, 4.69) is 20.5 Å². The molecule has 0 heterocycles. The monoisotopic (exact) mass is 711 g/mol. The predicted molar refractivity (Wildman–Crippen MR) is 156 cm³/mol. The fraction of sp³-hybridized carbons (Fsp3) is 0. The molecule has 20 nitrogen and oxygen atoms in total. The van der Waals surface area contributed by atoms with Crippen LogP contribution in [0, 0.1) is 0 Å². The highest BCUT2D eigenvalue weighted by Crippen LogP contribution is 2.50. The summed E-state index contributed by atoms with van der Waals surface area (Å²) in [6.07, 6.45) is 0. The van der Waals surface area contributed by atoms with Gasteiger partial charge in [-0.2, -0.15) is 30.4 Å². The van der Waals surface area contributed by atoms with Crippen molar-refractivity contribution < 1.29 is 68.9 Å². The lowest BCUT2D eigenvalue weighted by molar-refractivity contribution is 0.0696. The van der Waals surface area contributed by atoms with Gasteiger partial charge in [0.2, 0.25) is 0 Å². The molecule has 9 N–H and O–H groups in total. The SMILES string of the molecule is Nc1ccc(N=Nc2c(S(=O)(=O)O)cc3cc(S(=O)(=O)O)c(N=Nc4cc(C(=O)O)cc(C(=O)O)c4)c(O)c3c2O)c(S(=O)(=O)O)c1. The number of carboxylic acid groups (broad SMARTS) is 2. The minimum atomic E-state index is -5.37. The number of anilines is 1. The Morgan fingerprint density at radius 2 is 1.04 bits per heavy atom. The second-order valence-electron chi connectivity index (χ2n) is 9.17. The molecule has 4 aromatic rings. The van der Waals surface area contributed by atoms with E-state index < -0.39 is 113 Å². The standard InChI is InChI=1S/C24H17N5O15S3/c25-12-1-2-14(15(8-12)45(36,37)38)27-29-20-17(47(42,43)44)7-9-6-16(46(39,40)41)19(21(30)18(9)22(20)31)28-26-13-4-10(23(32)33)3-11(5-13)24(34)35/h1-8,30-31H,25H2,(H,32,33)(H,34,35)(H,36,37,38)(H,39,40,41)(H,42,43,44). The highest BCUT2D eigenvalue weighted by atomic mass is 32.2. The third-order valence-corrected chi connectivity index (χ3v) is 8.62. The zero-order valence-corrected chi connectivity index (χ0v) is 25.1. The largest absolute Gasteiger partial charge is 0.505 e. The van der Waals surface area contributed by atoms with Gasteiger partial charge in [0.1, 0.15) is 31.7 Å². The number of azo groups is 2. The van der Waals surface area contributed by atoms with Gasteiger partial charge in [0.15, 0.2) is 11.5 Å². The van der Waals surface area contributed by atoms with Gasteiger partial charge in [0.05, 0.1) is 22.2 Å². The summed E-state index contributed by atoms with van der Waals surface area (Å²) < 4.78 is 102. The molecule has 0 aliphatic rings. The minimum Gasteiger partial charge on any atom is -0.505 e. The molecule has 4 aromatic carbocycles. The predicted octanol–water partition coefficient (Wildman–Crippen LogP) is 3.80. The summed E-state index contributed by atoms with van der Waals surface area (Å²) in [6.45, 7) is 0. The number of nitrogen functional groups attached to an aromatic ring is 1. The van der Waals surface area contributed by atoms with E-state index in [1.807, 2.05) is 0 Å². The molecule has 4 rings (SSSR count). The van der Waals surface area contributed by atoms with Crippen LogP contribution in [0.15, 0.2) is 83.7 Å². The minimum absolute atomic E-state index is 0.154. The van der Waals surface area contributed by atoms with E-state index >= 15 is 0 Å². The Hall–Kier alpha value is -5.59. The topological polar surface area (TPSA) is 354 Å². The van der Waals surface area contributed by atoms with E-state index in [9.17, 15) is 68.9 Å². The quantitative estimate of drug-likeness (QED) is 0.0695. The third-order valence-electron chi connectivity index (χ3n) is 6.00. The number of carbonyl (C=O) groups is 2. The van der Waals surface area contributed by atoms with E-state index in [1.54, 1.807) is 0 Å². The molecule has 0 atom stereocenters. The van der Waals surface area contributed by atoms with Crippen LogP contribution in [0.4, 0.5) is 28.4 Å². The first kappa shape index (κ1) is 34.3. The zero-order valence-electron chi connectivity index (χ0n) is 22.6. The van der Waals surface area contributed by atoms with Crippen molar-refractivity contribution in [2.24, 2.45) is 20.5 Å². The number of phenolic OH excluding ortho intramolecular Hbond substituents is 2. The molecular weight excluding hydrogens is 694 g/mol. The molecule has 0 aromatic heterocycles. The maximum atomic E-state index is 12.2. The number of nitrogens with two attached hydrogens (primary N) is 1. The zero-order chi connectivity index (χ0) is 35.2. The molecular formula is C24H17N5O15S3. The van der Waals surface area contributed by atoms with Crippen molar-refractivity contribution in [2.45, 2.75) is 14.7 Å². The number of benzene rings is 4. The van der Waals surface area contributed by atoms with Gasteiger partial charge in [0, 0.05) is 5.69 Å². The maximum Gasteiger partial charge on any atom is 0.335 e. The summed E-state index contributed by atoms with van der Waals surface area (Å²) in [5, 5.41) is 53.1. The molecule has 0 aliphatic heterocycles. The van der Waals surface area contributed by atoms with Crippen molar-refractivity contribution >= 4 is 81.5 Å².